The smallest absolute Gasteiger partial charge is 0.253 e. The Labute approximate surface area is 177 Å². The van der Waals surface area contributed by atoms with Crippen molar-refractivity contribution in [3.8, 4) is 0 Å². The van der Waals surface area contributed by atoms with Gasteiger partial charge in [0.15, 0.2) is 0 Å². The first-order valence-electron chi connectivity index (χ1n) is 8.59. The van der Waals surface area contributed by atoms with E-state index < -0.39 is 5.91 Å². The van der Waals surface area contributed by atoms with Crippen LogP contribution in [0.5, 0.6) is 0 Å². The highest BCUT2D eigenvalue weighted by atomic mass is 35.5. The molecule has 0 spiro atoms. The number of halogens is 2. The van der Waals surface area contributed by atoms with Gasteiger partial charge < -0.3 is 16.0 Å². The number of aromatic nitrogens is 2. The first kappa shape index (κ1) is 20.6. The second kappa shape index (κ2) is 9.36. The molecule has 3 aromatic rings. The van der Waals surface area contributed by atoms with Crippen LogP contribution in [0.3, 0.4) is 0 Å². The van der Waals surface area contributed by atoms with Gasteiger partial charge in [0, 0.05) is 28.2 Å². The van der Waals surface area contributed by atoms with Crippen molar-refractivity contribution >= 4 is 52.2 Å². The molecule has 0 unspecified atom stereocenters. The summed E-state index contributed by atoms with van der Waals surface area (Å²) < 4.78 is 0. The van der Waals surface area contributed by atoms with Crippen LogP contribution in [-0.2, 0) is 4.79 Å². The summed E-state index contributed by atoms with van der Waals surface area (Å²) in [5.41, 5.74) is 2.51. The van der Waals surface area contributed by atoms with E-state index >= 15 is 0 Å². The van der Waals surface area contributed by atoms with Crippen LogP contribution in [0.15, 0.2) is 54.9 Å². The Hall–Kier alpha value is -3.16. The average Bonchev–Trinajstić information content (AvgIpc) is 2.68. The van der Waals surface area contributed by atoms with E-state index in [0.717, 1.165) is 11.4 Å². The summed E-state index contributed by atoms with van der Waals surface area (Å²) >= 11 is 11.8. The maximum Gasteiger partial charge on any atom is 0.253 e. The van der Waals surface area contributed by atoms with E-state index in [9.17, 15) is 9.59 Å². The molecule has 29 heavy (non-hydrogen) atoms. The zero-order valence-corrected chi connectivity index (χ0v) is 16.9. The fourth-order valence-corrected chi connectivity index (χ4v) is 2.94. The number of amides is 2. The van der Waals surface area contributed by atoms with Crippen LogP contribution < -0.4 is 16.0 Å². The van der Waals surface area contributed by atoms with Crippen molar-refractivity contribution in [1.82, 2.24) is 15.3 Å². The summed E-state index contributed by atoms with van der Waals surface area (Å²) in [6, 6.07) is 13.4. The van der Waals surface area contributed by atoms with Gasteiger partial charge in [0.1, 0.15) is 12.1 Å². The maximum atomic E-state index is 12.1. The zero-order chi connectivity index (χ0) is 20.8. The number of rotatable bonds is 6. The molecule has 2 aromatic carbocycles. The molecule has 0 aliphatic rings. The van der Waals surface area contributed by atoms with Crippen LogP contribution in [0.4, 0.5) is 17.2 Å². The predicted molar refractivity (Wildman–Crippen MR) is 114 cm³/mol. The molecule has 3 rings (SSSR count). The summed E-state index contributed by atoms with van der Waals surface area (Å²) in [5, 5.41) is 9.03. The van der Waals surface area contributed by atoms with E-state index in [1.165, 1.54) is 18.5 Å². The van der Waals surface area contributed by atoms with Crippen molar-refractivity contribution in [2.24, 2.45) is 0 Å². The summed E-state index contributed by atoms with van der Waals surface area (Å²) in [6.45, 7) is 1.68. The van der Waals surface area contributed by atoms with Crippen molar-refractivity contribution in [2.75, 3.05) is 17.2 Å². The molecular weight excluding hydrogens is 413 g/mol. The number of nitrogens with one attached hydrogen (secondary N) is 3. The van der Waals surface area contributed by atoms with Crippen LogP contribution in [0, 0.1) is 6.92 Å². The third-order valence-electron chi connectivity index (χ3n) is 3.83. The second-order valence-corrected chi connectivity index (χ2v) is 6.95. The number of anilines is 3. The highest BCUT2D eigenvalue weighted by molar-refractivity contribution is 6.36. The van der Waals surface area contributed by atoms with Crippen LogP contribution in [-0.4, -0.2) is 28.3 Å². The molecule has 9 heteroatoms. The van der Waals surface area contributed by atoms with Gasteiger partial charge in [-0.2, -0.15) is 0 Å². The molecule has 0 atom stereocenters. The Kier molecular flexibility index (Phi) is 6.64. The van der Waals surface area contributed by atoms with Gasteiger partial charge in [0.25, 0.3) is 5.91 Å². The first-order chi connectivity index (χ1) is 13.9. The fourth-order valence-electron chi connectivity index (χ4n) is 2.44. The molecular formula is C20H17Cl2N5O2. The molecule has 0 bridgehead atoms. The molecule has 1 aromatic heterocycles. The van der Waals surface area contributed by atoms with Gasteiger partial charge in [0.2, 0.25) is 5.91 Å². The SMILES string of the molecule is Cc1cc(Nc2ccc(NC(=O)CNC(=O)c3ccc(Cl)cc3Cl)cc2)ncn1. The lowest BCUT2D eigenvalue weighted by atomic mass is 10.2. The lowest BCUT2D eigenvalue weighted by Gasteiger charge is -2.10. The quantitative estimate of drug-likeness (QED) is 0.545. The molecule has 0 radical (unpaired) electrons. The summed E-state index contributed by atoms with van der Waals surface area (Å²) in [7, 11) is 0. The number of carbonyl (C=O) groups is 2. The van der Waals surface area contributed by atoms with E-state index in [1.807, 2.05) is 13.0 Å². The lowest BCUT2D eigenvalue weighted by molar-refractivity contribution is -0.115. The second-order valence-electron chi connectivity index (χ2n) is 6.10. The molecule has 2 amide bonds. The van der Waals surface area contributed by atoms with Crippen molar-refractivity contribution in [3.63, 3.8) is 0 Å². The van der Waals surface area contributed by atoms with Crippen molar-refractivity contribution in [2.45, 2.75) is 6.92 Å². The highest BCUT2D eigenvalue weighted by Gasteiger charge is 2.12. The number of aryl methyl sites for hydroxylation is 1. The molecule has 0 aliphatic carbocycles. The molecule has 148 valence electrons. The van der Waals surface area contributed by atoms with Gasteiger partial charge in [0.05, 0.1) is 17.1 Å². The van der Waals surface area contributed by atoms with E-state index in [1.54, 1.807) is 30.3 Å². The van der Waals surface area contributed by atoms with E-state index in [4.69, 9.17) is 23.2 Å². The van der Waals surface area contributed by atoms with Crippen molar-refractivity contribution in [3.05, 3.63) is 76.2 Å². The molecule has 0 saturated heterocycles. The first-order valence-corrected chi connectivity index (χ1v) is 9.35. The van der Waals surface area contributed by atoms with Gasteiger partial charge >= 0.3 is 0 Å². The average molecular weight is 430 g/mol. The minimum atomic E-state index is -0.457. The molecule has 0 aliphatic heterocycles. The minimum absolute atomic E-state index is 0.196. The summed E-state index contributed by atoms with van der Waals surface area (Å²) in [5.74, 6) is -0.144. The number of carbonyl (C=O) groups excluding carboxylic acids is 2. The maximum absolute atomic E-state index is 12.1. The van der Waals surface area contributed by atoms with E-state index in [0.29, 0.717) is 16.5 Å². The molecule has 0 saturated carbocycles. The number of hydrogen-bond donors (Lipinski definition) is 3. The van der Waals surface area contributed by atoms with Crippen LogP contribution >= 0.6 is 23.2 Å². The lowest BCUT2D eigenvalue weighted by Crippen LogP contribution is -2.33. The van der Waals surface area contributed by atoms with Gasteiger partial charge in [-0.3, -0.25) is 9.59 Å². The van der Waals surface area contributed by atoms with E-state index in [2.05, 4.69) is 25.9 Å². The topological polar surface area (TPSA) is 96.0 Å². The Morgan fingerprint density at radius 2 is 1.69 bits per heavy atom. The van der Waals surface area contributed by atoms with Gasteiger partial charge in [-0.15, -0.1) is 0 Å². The van der Waals surface area contributed by atoms with Gasteiger partial charge in [-0.05, 0) is 49.4 Å². The summed E-state index contributed by atoms with van der Waals surface area (Å²) in [4.78, 5) is 32.4. The Morgan fingerprint density at radius 3 is 2.38 bits per heavy atom. The monoisotopic (exact) mass is 429 g/mol. The van der Waals surface area contributed by atoms with Crippen LogP contribution in [0.1, 0.15) is 16.1 Å². The minimum Gasteiger partial charge on any atom is -0.343 e. The number of benzene rings is 2. The standard InChI is InChI=1S/C20H17Cl2N5O2/c1-12-8-18(25-11-24-12)26-14-3-5-15(6-4-14)27-19(28)10-23-20(29)16-7-2-13(21)9-17(16)22/h2-9,11H,10H2,1H3,(H,23,29)(H,27,28)(H,24,25,26). The fraction of sp³-hybridized carbons (Fsp3) is 0.100. The predicted octanol–water partition coefficient (Wildman–Crippen LogP) is 4.20. The molecule has 1 heterocycles. The third-order valence-corrected chi connectivity index (χ3v) is 4.38. The third kappa shape index (κ3) is 5.91. The van der Waals surface area contributed by atoms with Crippen LogP contribution in [0.25, 0.3) is 0 Å². The normalized spacial score (nSPS) is 10.3. The molecule has 0 fully saturated rings. The van der Waals surface area contributed by atoms with Crippen molar-refractivity contribution in [1.29, 1.82) is 0 Å². The number of nitrogens with zero attached hydrogens (tertiary/aromatic N) is 2. The van der Waals surface area contributed by atoms with Gasteiger partial charge in [-0.25, -0.2) is 9.97 Å². The molecule has 3 N–H and O–H groups in total. The largest absolute Gasteiger partial charge is 0.343 e. The van der Waals surface area contributed by atoms with Gasteiger partial charge in [-0.1, -0.05) is 23.2 Å². The Balaban J connectivity index is 1.52. The number of hydrogen-bond acceptors (Lipinski definition) is 5. The van der Waals surface area contributed by atoms with Crippen LogP contribution in [0.2, 0.25) is 10.0 Å². The summed E-state index contributed by atoms with van der Waals surface area (Å²) in [6.07, 6.45) is 1.48. The van der Waals surface area contributed by atoms with E-state index in [-0.39, 0.29) is 23.0 Å². The zero-order valence-electron chi connectivity index (χ0n) is 15.4. The molecule has 7 nitrogen and oxygen atoms in total. The Bertz CT molecular complexity index is 1040. The van der Waals surface area contributed by atoms with Crippen molar-refractivity contribution < 1.29 is 9.59 Å². The highest BCUT2D eigenvalue weighted by Crippen LogP contribution is 2.21. The Morgan fingerprint density at radius 1 is 0.966 bits per heavy atom.